The normalized spacial score (nSPS) is 26.3. The summed E-state index contributed by atoms with van der Waals surface area (Å²) in [6, 6.07) is 7.24. The van der Waals surface area contributed by atoms with Crippen LogP contribution in [0.15, 0.2) is 28.7 Å². The van der Waals surface area contributed by atoms with Crippen molar-refractivity contribution < 1.29 is 14.3 Å². The van der Waals surface area contributed by atoms with Gasteiger partial charge in [0.2, 0.25) is 0 Å². The van der Waals surface area contributed by atoms with E-state index >= 15 is 0 Å². The van der Waals surface area contributed by atoms with Gasteiger partial charge in [0, 0.05) is 17.5 Å². The first-order valence-electron chi connectivity index (χ1n) is 6.07. The Hall–Kier alpha value is -1.40. The van der Waals surface area contributed by atoms with Gasteiger partial charge in [-0.1, -0.05) is 28.1 Å². The van der Waals surface area contributed by atoms with E-state index in [4.69, 9.17) is 4.74 Å². The maximum Gasteiger partial charge on any atom is 0.325 e. The quantitative estimate of drug-likeness (QED) is 0.842. The highest BCUT2D eigenvalue weighted by Gasteiger charge is 2.53. The predicted octanol–water partition coefficient (Wildman–Crippen LogP) is 1.66. The van der Waals surface area contributed by atoms with Gasteiger partial charge < -0.3 is 10.1 Å². The van der Waals surface area contributed by atoms with Crippen molar-refractivity contribution in [2.45, 2.75) is 18.5 Å². The summed E-state index contributed by atoms with van der Waals surface area (Å²) < 4.78 is 6.18. The third-order valence-electron chi connectivity index (χ3n) is 3.50. The Bertz CT molecular complexity index is 540. The van der Waals surface area contributed by atoms with Crippen molar-refractivity contribution in [3.05, 3.63) is 34.3 Å². The molecular weight excluding hydrogens is 312 g/mol. The lowest BCUT2D eigenvalue weighted by Gasteiger charge is -2.18. The first-order chi connectivity index (χ1) is 9.11. The number of nitrogens with zero attached hydrogens (tertiary/aromatic N) is 1. The molecule has 1 aromatic carbocycles. The lowest BCUT2D eigenvalue weighted by atomic mass is 9.99. The third-order valence-corrected chi connectivity index (χ3v) is 3.99. The smallest absolute Gasteiger partial charge is 0.325 e. The van der Waals surface area contributed by atoms with Crippen LogP contribution in [0.25, 0.3) is 0 Å². The molecule has 2 aliphatic rings. The standard InChI is InChI=1S/C13H13BrN2O3/c14-10-3-1-2-9(6-10)7-16-11(17)13(15-12(16)18)4-5-19-8-13/h1-3,6H,4-5,7-8H2,(H,15,18)/t13-/m0/s1. The minimum absolute atomic E-state index is 0.185. The maximum atomic E-state index is 12.4. The number of ether oxygens (including phenoxy) is 1. The number of carbonyl (C=O) groups is 2. The van der Waals surface area contributed by atoms with E-state index in [0.717, 1.165) is 10.0 Å². The van der Waals surface area contributed by atoms with Crippen LogP contribution in [0.1, 0.15) is 12.0 Å². The number of carbonyl (C=O) groups excluding carboxylic acids is 2. The van der Waals surface area contributed by atoms with E-state index in [1.165, 1.54) is 4.90 Å². The lowest BCUT2D eigenvalue weighted by Crippen LogP contribution is -2.47. The van der Waals surface area contributed by atoms with Crippen LogP contribution in [0.3, 0.4) is 0 Å². The molecule has 3 rings (SSSR count). The predicted molar refractivity (Wildman–Crippen MR) is 71.4 cm³/mol. The summed E-state index contributed by atoms with van der Waals surface area (Å²) in [5, 5.41) is 2.76. The van der Waals surface area contributed by atoms with Gasteiger partial charge in [-0.05, 0) is 17.7 Å². The van der Waals surface area contributed by atoms with Crippen LogP contribution in [0.2, 0.25) is 0 Å². The number of halogens is 1. The highest BCUT2D eigenvalue weighted by molar-refractivity contribution is 9.10. The molecule has 0 unspecified atom stereocenters. The molecule has 2 aliphatic heterocycles. The van der Waals surface area contributed by atoms with Crippen molar-refractivity contribution in [3.8, 4) is 0 Å². The molecule has 6 heteroatoms. The average molecular weight is 325 g/mol. The van der Waals surface area contributed by atoms with E-state index in [1.54, 1.807) is 0 Å². The van der Waals surface area contributed by atoms with Crippen molar-refractivity contribution in [2.24, 2.45) is 0 Å². The van der Waals surface area contributed by atoms with E-state index < -0.39 is 5.54 Å². The van der Waals surface area contributed by atoms with Crippen molar-refractivity contribution >= 4 is 27.9 Å². The molecule has 19 heavy (non-hydrogen) atoms. The summed E-state index contributed by atoms with van der Waals surface area (Å²) >= 11 is 3.38. The first kappa shape index (κ1) is 12.6. The van der Waals surface area contributed by atoms with Gasteiger partial charge in [0.15, 0.2) is 0 Å². The Morgan fingerprint density at radius 1 is 1.42 bits per heavy atom. The number of benzene rings is 1. The number of amides is 3. The van der Waals surface area contributed by atoms with Crippen LogP contribution in [0, 0.1) is 0 Å². The van der Waals surface area contributed by atoms with Gasteiger partial charge in [0.05, 0.1) is 13.2 Å². The van der Waals surface area contributed by atoms with Gasteiger partial charge in [-0.3, -0.25) is 9.69 Å². The van der Waals surface area contributed by atoms with Crippen molar-refractivity contribution in [3.63, 3.8) is 0 Å². The second kappa shape index (κ2) is 4.61. The zero-order valence-electron chi connectivity index (χ0n) is 10.2. The number of hydrogen-bond donors (Lipinski definition) is 1. The fourth-order valence-corrected chi connectivity index (χ4v) is 2.92. The van der Waals surface area contributed by atoms with Gasteiger partial charge in [-0.15, -0.1) is 0 Å². The number of imide groups is 1. The Labute approximate surface area is 119 Å². The molecule has 2 fully saturated rings. The summed E-state index contributed by atoms with van der Waals surface area (Å²) in [5.74, 6) is -0.185. The van der Waals surface area contributed by atoms with Crippen LogP contribution in [0.4, 0.5) is 4.79 Å². The second-order valence-corrected chi connectivity index (χ2v) is 5.75. The Morgan fingerprint density at radius 3 is 2.95 bits per heavy atom. The van der Waals surface area contributed by atoms with Gasteiger partial charge >= 0.3 is 6.03 Å². The molecule has 1 N–H and O–H groups in total. The zero-order valence-corrected chi connectivity index (χ0v) is 11.8. The van der Waals surface area contributed by atoms with E-state index in [-0.39, 0.29) is 25.1 Å². The maximum absolute atomic E-state index is 12.4. The molecule has 2 saturated heterocycles. The molecule has 0 radical (unpaired) electrons. The fraction of sp³-hybridized carbons (Fsp3) is 0.385. The van der Waals surface area contributed by atoms with Crippen LogP contribution < -0.4 is 5.32 Å². The molecule has 5 nitrogen and oxygen atoms in total. The summed E-state index contributed by atoms with van der Waals surface area (Å²) in [7, 11) is 0. The van der Waals surface area contributed by atoms with Crippen LogP contribution in [-0.4, -0.2) is 35.6 Å². The molecule has 3 amide bonds. The Kier molecular flexibility index (Phi) is 3.06. The van der Waals surface area contributed by atoms with Crippen molar-refractivity contribution in [1.82, 2.24) is 10.2 Å². The monoisotopic (exact) mass is 324 g/mol. The first-order valence-corrected chi connectivity index (χ1v) is 6.86. The Morgan fingerprint density at radius 2 is 2.26 bits per heavy atom. The molecular formula is C13H13BrN2O3. The summed E-state index contributed by atoms with van der Waals surface area (Å²) in [4.78, 5) is 25.6. The minimum atomic E-state index is -0.830. The highest BCUT2D eigenvalue weighted by atomic mass is 79.9. The minimum Gasteiger partial charge on any atom is -0.378 e. The van der Waals surface area contributed by atoms with Crippen molar-refractivity contribution in [2.75, 3.05) is 13.2 Å². The molecule has 1 atom stereocenters. The van der Waals surface area contributed by atoms with E-state index in [1.807, 2.05) is 24.3 Å². The number of hydrogen-bond acceptors (Lipinski definition) is 3. The lowest BCUT2D eigenvalue weighted by molar-refractivity contribution is -0.131. The Balaban J connectivity index is 1.82. The molecule has 1 aromatic rings. The molecule has 0 saturated carbocycles. The van der Waals surface area contributed by atoms with E-state index in [2.05, 4.69) is 21.2 Å². The molecule has 100 valence electrons. The molecule has 0 aliphatic carbocycles. The SMILES string of the molecule is O=C1N[C@]2(CCOC2)C(=O)N1Cc1cccc(Br)c1. The third kappa shape index (κ3) is 2.15. The van der Waals surface area contributed by atoms with E-state index in [0.29, 0.717) is 13.0 Å². The molecule has 1 spiro atoms. The molecule has 2 heterocycles. The van der Waals surface area contributed by atoms with Gasteiger partial charge in [0.1, 0.15) is 5.54 Å². The zero-order chi connectivity index (χ0) is 13.5. The topological polar surface area (TPSA) is 58.6 Å². The largest absolute Gasteiger partial charge is 0.378 e. The summed E-state index contributed by atoms with van der Waals surface area (Å²) in [6.07, 6.45) is 0.548. The average Bonchev–Trinajstić information content (AvgIpc) is 2.92. The van der Waals surface area contributed by atoms with Crippen LogP contribution >= 0.6 is 15.9 Å². The second-order valence-electron chi connectivity index (χ2n) is 4.84. The molecule has 0 bridgehead atoms. The van der Waals surface area contributed by atoms with E-state index in [9.17, 15) is 9.59 Å². The molecule has 0 aromatic heterocycles. The summed E-state index contributed by atoms with van der Waals surface area (Å²) in [6.45, 7) is 1.06. The fourth-order valence-electron chi connectivity index (χ4n) is 2.47. The highest BCUT2D eigenvalue weighted by Crippen LogP contribution is 2.28. The van der Waals surface area contributed by atoms with Crippen molar-refractivity contribution in [1.29, 1.82) is 0 Å². The number of rotatable bonds is 2. The van der Waals surface area contributed by atoms with Gasteiger partial charge in [-0.25, -0.2) is 4.79 Å². The van der Waals surface area contributed by atoms with Crippen LogP contribution in [0.5, 0.6) is 0 Å². The van der Waals surface area contributed by atoms with Gasteiger partial charge in [0.25, 0.3) is 5.91 Å². The number of nitrogens with one attached hydrogen (secondary N) is 1. The number of urea groups is 1. The van der Waals surface area contributed by atoms with Gasteiger partial charge in [-0.2, -0.15) is 0 Å². The summed E-state index contributed by atoms with van der Waals surface area (Å²) in [5.41, 5.74) is 0.0807. The van der Waals surface area contributed by atoms with Crippen LogP contribution in [-0.2, 0) is 16.1 Å².